The third-order valence-corrected chi connectivity index (χ3v) is 4.30. The van der Waals surface area contributed by atoms with Gasteiger partial charge in [0.05, 0.1) is 11.9 Å². The monoisotopic (exact) mass is 368 g/mol. The number of H-pyrrole nitrogens is 1. The molecule has 130 valence electrons. The van der Waals surface area contributed by atoms with Crippen molar-refractivity contribution in [3.8, 4) is 16.6 Å². The summed E-state index contributed by atoms with van der Waals surface area (Å²) in [5, 5.41) is 22.9. The number of rotatable bonds is 6. The van der Waals surface area contributed by atoms with Gasteiger partial charge in [0.15, 0.2) is 16.6 Å². The number of carbonyl (C=O) groups excluding carboxylic acids is 1. The molecule has 0 saturated heterocycles. The number of aromatic amines is 1. The van der Waals surface area contributed by atoms with E-state index < -0.39 is 0 Å². The highest BCUT2D eigenvalue weighted by molar-refractivity contribution is 7.13. The van der Waals surface area contributed by atoms with Crippen molar-refractivity contribution in [3.63, 3.8) is 0 Å². The third-order valence-electron chi connectivity index (χ3n) is 3.42. The lowest BCUT2D eigenvalue weighted by Crippen LogP contribution is -2.26. The lowest BCUT2D eigenvalue weighted by molar-refractivity contribution is 0.0954. The maximum atomic E-state index is 12.3. The number of hydrogen-bond donors (Lipinski definition) is 2. The molecule has 2 N–H and O–H groups in total. The number of nitrogens with zero attached hydrogens (tertiary/aromatic N) is 8. The highest BCUT2D eigenvalue weighted by Crippen LogP contribution is 2.19. The number of aromatic nitrogens is 9. The predicted octanol–water partition coefficient (Wildman–Crippen LogP) is 0.271. The molecule has 0 atom stereocenters. The lowest BCUT2D eigenvalue weighted by Gasteiger charge is -2.04. The second kappa shape index (κ2) is 7.14. The zero-order valence-corrected chi connectivity index (χ0v) is 14.1. The molecule has 0 aliphatic rings. The SMILES string of the molecule is O=C(NCCc1csc(-c2ncccn2)n1)c1cn[nH]c1-n1cnnn1. The summed E-state index contributed by atoms with van der Waals surface area (Å²) in [6.07, 6.45) is 6.76. The first-order valence-electron chi connectivity index (χ1n) is 7.58. The average Bonchev–Trinajstić information content (AvgIpc) is 3.42. The van der Waals surface area contributed by atoms with Crippen LogP contribution in [0.5, 0.6) is 0 Å². The highest BCUT2D eigenvalue weighted by Gasteiger charge is 2.16. The predicted molar refractivity (Wildman–Crippen MR) is 90.5 cm³/mol. The van der Waals surface area contributed by atoms with Gasteiger partial charge in [0, 0.05) is 30.7 Å². The van der Waals surface area contributed by atoms with E-state index in [0.717, 1.165) is 10.7 Å². The number of thiazole rings is 1. The van der Waals surface area contributed by atoms with Crippen LogP contribution in [0.1, 0.15) is 16.1 Å². The quantitative estimate of drug-likeness (QED) is 0.494. The minimum atomic E-state index is -0.272. The Morgan fingerprint density at radius 3 is 3.00 bits per heavy atom. The topological polar surface area (TPSA) is 140 Å². The van der Waals surface area contributed by atoms with Crippen LogP contribution in [0.25, 0.3) is 16.6 Å². The van der Waals surface area contributed by atoms with Gasteiger partial charge in [-0.3, -0.25) is 9.89 Å². The maximum Gasteiger partial charge on any atom is 0.256 e. The summed E-state index contributed by atoms with van der Waals surface area (Å²) in [5.41, 5.74) is 1.22. The number of carbonyl (C=O) groups is 1. The Labute approximate surface area is 150 Å². The molecule has 0 aromatic carbocycles. The molecule has 0 aliphatic carbocycles. The Morgan fingerprint density at radius 2 is 2.19 bits per heavy atom. The van der Waals surface area contributed by atoms with Gasteiger partial charge in [0.25, 0.3) is 5.91 Å². The highest BCUT2D eigenvalue weighted by atomic mass is 32.1. The molecule has 4 aromatic rings. The second-order valence-corrected chi connectivity index (χ2v) is 5.97. The van der Waals surface area contributed by atoms with E-state index in [1.165, 1.54) is 28.5 Å². The van der Waals surface area contributed by atoms with Gasteiger partial charge >= 0.3 is 0 Å². The minimum Gasteiger partial charge on any atom is -0.351 e. The lowest BCUT2D eigenvalue weighted by atomic mass is 10.3. The fourth-order valence-corrected chi connectivity index (χ4v) is 3.02. The van der Waals surface area contributed by atoms with E-state index in [4.69, 9.17) is 0 Å². The van der Waals surface area contributed by atoms with E-state index in [1.54, 1.807) is 18.5 Å². The van der Waals surface area contributed by atoms with Gasteiger partial charge in [0.1, 0.15) is 11.9 Å². The Bertz CT molecular complexity index is 994. The summed E-state index contributed by atoms with van der Waals surface area (Å²) >= 11 is 1.47. The summed E-state index contributed by atoms with van der Waals surface area (Å²) in [5.74, 6) is 0.730. The third kappa shape index (κ3) is 3.30. The summed E-state index contributed by atoms with van der Waals surface area (Å²) in [7, 11) is 0. The summed E-state index contributed by atoms with van der Waals surface area (Å²) < 4.78 is 1.34. The average molecular weight is 368 g/mol. The van der Waals surface area contributed by atoms with Gasteiger partial charge < -0.3 is 5.32 Å². The molecule has 4 heterocycles. The Balaban J connectivity index is 1.36. The summed E-state index contributed by atoms with van der Waals surface area (Å²) in [6, 6.07) is 1.76. The van der Waals surface area contributed by atoms with Gasteiger partial charge in [-0.1, -0.05) is 0 Å². The molecule has 0 saturated carbocycles. The molecular weight excluding hydrogens is 356 g/mol. The van der Waals surface area contributed by atoms with Crippen LogP contribution in [0.4, 0.5) is 0 Å². The van der Waals surface area contributed by atoms with Crippen LogP contribution in [0, 0.1) is 0 Å². The number of hydrogen-bond acceptors (Lipinski definition) is 9. The summed E-state index contributed by atoms with van der Waals surface area (Å²) in [6.45, 7) is 0.428. The van der Waals surface area contributed by atoms with Crippen molar-refractivity contribution >= 4 is 17.2 Å². The van der Waals surface area contributed by atoms with Gasteiger partial charge in [-0.05, 0) is 16.5 Å². The van der Waals surface area contributed by atoms with Crippen molar-refractivity contribution in [1.29, 1.82) is 0 Å². The van der Waals surface area contributed by atoms with Crippen LogP contribution < -0.4 is 5.32 Å². The van der Waals surface area contributed by atoms with Gasteiger partial charge in [-0.25, -0.2) is 15.0 Å². The van der Waals surface area contributed by atoms with Crippen LogP contribution >= 0.6 is 11.3 Å². The Hall–Kier alpha value is -3.54. The van der Waals surface area contributed by atoms with Gasteiger partial charge in [0.2, 0.25) is 0 Å². The first-order valence-corrected chi connectivity index (χ1v) is 8.46. The van der Waals surface area contributed by atoms with Crippen molar-refractivity contribution in [2.24, 2.45) is 0 Å². The van der Waals surface area contributed by atoms with E-state index in [9.17, 15) is 4.79 Å². The van der Waals surface area contributed by atoms with Crippen LogP contribution in [-0.2, 0) is 6.42 Å². The van der Waals surface area contributed by atoms with E-state index in [1.807, 2.05) is 5.38 Å². The molecule has 1 amide bonds. The normalized spacial score (nSPS) is 10.8. The molecule has 4 rings (SSSR count). The second-order valence-electron chi connectivity index (χ2n) is 5.11. The Morgan fingerprint density at radius 1 is 1.31 bits per heavy atom. The van der Waals surface area contributed by atoms with Crippen molar-refractivity contribution < 1.29 is 4.79 Å². The molecule has 0 unspecified atom stereocenters. The van der Waals surface area contributed by atoms with E-state index in [0.29, 0.717) is 30.2 Å². The van der Waals surface area contributed by atoms with Crippen molar-refractivity contribution in [2.45, 2.75) is 6.42 Å². The Kier molecular flexibility index (Phi) is 4.38. The van der Waals surface area contributed by atoms with Gasteiger partial charge in [-0.15, -0.1) is 16.4 Å². The zero-order valence-electron chi connectivity index (χ0n) is 13.3. The first-order chi connectivity index (χ1) is 12.8. The largest absolute Gasteiger partial charge is 0.351 e. The fourth-order valence-electron chi connectivity index (χ4n) is 2.22. The molecular formula is C14H12N10OS. The first kappa shape index (κ1) is 16.0. The van der Waals surface area contributed by atoms with Crippen molar-refractivity contribution in [1.82, 2.24) is 50.7 Å². The van der Waals surface area contributed by atoms with Crippen LogP contribution in [0.15, 0.2) is 36.4 Å². The molecule has 0 radical (unpaired) electrons. The fraction of sp³-hybridized carbons (Fsp3) is 0.143. The van der Waals surface area contributed by atoms with Crippen molar-refractivity contribution in [2.75, 3.05) is 6.54 Å². The van der Waals surface area contributed by atoms with E-state index >= 15 is 0 Å². The number of amides is 1. The van der Waals surface area contributed by atoms with Crippen molar-refractivity contribution in [3.05, 3.63) is 47.6 Å². The van der Waals surface area contributed by atoms with E-state index in [-0.39, 0.29) is 5.91 Å². The number of tetrazole rings is 1. The molecule has 12 heteroatoms. The van der Waals surface area contributed by atoms with Crippen LogP contribution in [0.2, 0.25) is 0 Å². The molecule has 26 heavy (non-hydrogen) atoms. The standard InChI is InChI=1S/C14H12N10OS/c25-13(10-6-18-21-12(10)24-8-19-22-23-24)17-5-2-9-7-26-14(20-9)11-15-3-1-4-16-11/h1,3-4,6-8H,2,5H2,(H,17,25)(H,18,21). The molecule has 0 aliphatic heterocycles. The molecule has 0 fully saturated rings. The summed E-state index contributed by atoms with van der Waals surface area (Å²) in [4.78, 5) is 25.2. The molecule has 0 bridgehead atoms. The number of nitrogens with one attached hydrogen (secondary N) is 2. The smallest absolute Gasteiger partial charge is 0.256 e. The van der Waals surface area contributed by atoms with E-state index in [2.05, 4.69) is 46.0 Å². The molecule has 0 spiro atoms. The zero-order chi connectivity index (χ0) is 17.8. The van der Waals surface area contributed by atoms with Gasteiger partial charge in [-0.2, -0.15) is 9.78 Å². The maximum absolute atomic E-state index is 12.3. The van der Waals surface area contributed by atoms with Crippen LogP contribution in [-0.4, -0.2) is 57.8 Å². The molecule has 11 nitrogen and oxygen atoms in total. The van der Waals surface area contributed by atoms with Crippen LogP contribution in [0.3, 0.4) is 0 Å². The minimum absolute atomic E-state index is 0.272. The molecule has 4 aromatic heterocycles.